The second-order valence-electron chi connectivity index (χ2n) is 5.64. The van der Waals surface area contributed by atoms with Crippen LogP contribution in [0.5, 0.6) is 5.75 Å². The van der Waals surface area contributed by atoms with E-state index in [1.807, 2.05) is 35.2 Å². The Morgan fingerprint density at radius 2 is 2.20 bits per heavy atom. The van der Waals surface area contributed by atoms with Gasteiger partial charge in [-0.2, -0.15) is 13.2 Å². The minimum Gasteiger partial charge on any atom is -0.497 e. The highest BCUT2D eigenvalue weighted by molar-refractivity contribution is 5.81. The molecule has 1 atom stereocenters. The number of benzene rings is 1. The first-order valence-electron chi connectivity index (χ1n) is 7.89. The van der Waals surface area contributed by atoms with E-state index < -0.39 is 18.8 Å². The predicted molar refractivity (Wildman–Crippen MR) is 90.6 cm³/mol. The number of guanidine groups is 1. The van der Waals surface area contributed by atoms with Crippen molar-refractivity contribution in [1.82, 2.24) is 10.2 Å². The maximum atomic E-state index is 12.4. The first-order valence-corrected chi connectivity index (χ1v) is 7.89. The lowest BCUT2D eigenvalue weighted by Crippen LogP contribution is -2.48. The van der Waals surface area contributed by atoms with Crippen LogP contribution in [-0.4, -0.2) is 62.0 Å². The average molecular weight is 357 g/mol. The summed E-state index contributed by atoms with van der Waals surface area (Å²) < 4.78 is 42.4. The van der Waals surface area contributed by atoms with Crippen LogP contribution in [0.2, 0.25) is 0 Å². The van der Waals surface area contributed by atoms with Crippen molar-refractivity contribution in [2.24, 2.45) is 4.99 Å². The third kappa shape index (κ3) is 5.12. The van der Waals surface area contributed by atoms with Gasteiger partial charge >= 0.3 is 6.18 Å². The molecule has 5 nitrogen and oxygen atoms in total. The van der Waals surface area contributed by atoms with E-state index in [1.54, 1.807) is 7.11 Å². The molecule has 138 valence electrons. The molecule has 1 aliphatic rings. The fraction of sp³-hybridized carbons (Fsp3) is 0.471. The van der Waals surface area contributed by atoms with Crippen LogP contribution < -0.4 is 10.1 Å². The van der Waals surface area contributed by atoms with Gasteiger partial charge in [-0.3, -0.25) is 4.99 Å². The quantitative estimate of drug-likeness (QED) is 0.641. The van der Waals surface area contributed by atoms with Crippen LogP contribution in [0, 0.1) is 0 Å². The van der Waals surface area contributed by atoms with Gasteiger partial charge in [-0.15, -0.1) is 0 Å². The molecule has 0 fully saturated rings. The fourth-order valence-corrected chi connectivity index (χ4v) is 2.58. The van der Waals surface area contributed by atoms with Crippen LogP contribution in [0.15, 0.2) is 35.3 Å². The third-order valence-electron chi connectivity index (χ3n) is 3.99. The Hall–Kier alpha value is -2.22. The lowest BCUT2D eigenvalue weighted by molar-refractivity contribution is -0.201. The summed E-state index contributed by atoms with van der Waals surface area (Å²) in [6, 6.07) is 7.74. The number of hydrogen-bond donors (Lipinski definition) is 2. The Morgan fingerprint density at radius 1 is 1.44 bits per heavy atom. The molecule has 0 amide bonds. The van der Waals surface area contributed by atoms with Gasteiger partial charge in [0.2, 0.25) is 0 Å². The average Bonchev–Trinajstić information content (AvgIpc) is 2.61. The summed E-state index contributed by atoms with van der Waals surface area (Å²) in [5.74, 6) is 1.11. The summed E-state index contributed by atoms with van der Waals surface area (Å²) in [4.78, 5) is 5.83. The smallest absolute Gasteiger partial charge is 0.416 e. The van der Waals surface area contributed by atoms with Gasteiger partial charge in [-0.25, -0.2) is 0 Å². The number of nitrogens with one attached hydrogen (secondary N) is 1. The molecular formula is C17H22F3N3O2. The van der Waals surface area contributed by atoms with Crippen LogP contribution in [-0.2, 0) is 0 Å². The summed E-state index contributed by atoms with van der Waals surface area (Å²) in [6.07, 6.45) is -4.31. The van der Waals surface area contributed by atoms with E-state index >= 15 is 0 Å². The predicted octanol–water partition coefficient (Wildman–Crippen LogP) is 2.28. The largest absolute Gasteiger partial charge is 0.497 e. The number of aliphatic hydroxyl groups is 1. The lowest BCUT2D eigenvalue weighted by atomic mass is 9.99. The van der Waals surface area contributed by atoms with Crippen molar-refractivity contribution in [3.05, 3.63) is 35.9 Å². The van der Waals surface area contributed by atoms with Gasteiger partial charge in [0, 0.05) is 20.1 Å². The van der Waals surface area contributed by atoms with Gasteiger partial charge in [-0.1, -0.05) is 18.2 Å². The zero-order valence-corrected chi connectivity index (χ0v) is 14.2. The molecule has 0 saturated carbocycles. The summed E-state index contributed by atoms with van der Waals surface area (Å²) in [5, 5.41) is 11.7. The molecule has 2 N–H and O–H groups in total. The number of hydrogen-bond acceptors (Lipinski definition) is 3. The first-order chi connectivity index (χ1) is 11.8. The molecule has 0 bridgehead atoms. The zero-order chi connectivity index (χ0) is 18.4. The van der Waals surface area contributed by atoms with Crippen LogP contribution in [0.25, 0.3) is 5.57 Å². The monoisotopic (exact) mass is 357 g/mol. The summed E-state index contributed by atoms with van der Waals surface area (Å²) in [5.41, 5.74) is 2.22. The zero-order valence-electron chi connectivity index (χ0n) is 14.2. The van der Waals surface area contributed by atoms with E-state index in [2.05, 4.69) is 10.3 Å². The van der Waals surface area contributed by atoms with Crippen molar-refractivity contribution < 1.29 is 23.0 Å². The van der Waals surface area contributed by atoms with Crippen LogP contribution in [0.3, 0.4) is 0 Å². The van der Waals surface area contributed by atoms with Crippen LogP contribution >= 0.6 is 0 Å². The van der Waals surface area contributed by atoms with E-state index in [0.717, 1.165) is 23.3 Å². The molecule has 0 aliphatic carbocycles. The highest BCUT2D eigenvalue weighted by Gasteiger charge is 2.38. The van der Waals surface area contributed by atoms with E-state index in [1.165, 1.54) is 7.05 Å². The lowest BCUT2D eigenvalue weighted by Gasteiger charge is -2.30. The van der Waals surface area contributed by atoms with Crippen molar-refractivity contribution in [3.63, 3.8) is 0 Å². The molecule has 1 aliphatic heterocycles. The highest BCUT2D eigenvalue weighted by atomic mass is 19.4. The maximum absolute atomic E-state index is 12.4. The van der Waals surface area contributed by atoms with Crippen molar-refractivity contribution >= 4 is 11.5 Å². The topological polar surface area (TPSA) is 57.1 Å². The molecular weight excluding hydrogens is 335 g/mol. The van der Waals surface area contributed by atoms with Crippen molar-refractivity contribution in [3.8, 4) is 5.75 Å². The van der Waals surface area contributed by atoms with Gasteiger partial charge in [0.1, 0.15) is 5.75 Å². The summed E-state index contributed by atoms with van der Waals surface area (Å²) >= 11 is 0. The van der Waals surface area contributed by atoms with Gasteiger partial charge in [0.15, 0.2) is 12.1 Å². The number of ether oxygens (including phenoxy) is 1. The van der Waals surface area contributed by atoms with Crippen LogP contribution in [0.4, 0.5) is 13.2 Å². The number of rotatable bonds is 4. The molecule has 1 aromatic rings. The van der Waals surface area contributed by atoms with E-state index in [4.69, 9.17) is 9.84 Å². The molecule has 1 unspecified atom stereocenters. The Kier molecular flexibility index (Phi) is 6.30. The SMILES string of the molecule is CN=C(NCC(O)C(F)(F)F)N1CC=C(c2cccc(OC)c2)CC1. The maximum Gasteiger partial charge on any atom is 0.416 e. The van der Waals surface area contributed by atoms with Crippen LogP contribution in [0.1, 0.15) is 12.0 Å². The number of methoxy groups -OCH3 is 1. The summed E-state index contributed by atoms with van der Waals surface area (Å²) in [7, 11) is 3.12. The number of aliphatic imine (C=N–C) groups is 1. The van der Waals surface area contributed by atoms with Crippen molar-refractivity contribution in [2.45, 2.75) is 18.7 Å². The Balaban J connectivity index is 1.98. The van der Waals surface area contributed by atoms with Crippen molar-refractivity contribution in [1.29, 1.82) is 0 Å². The second-order valence-corrected chi connectivity index (χ2v) is 5.64. The minimum absolute atomic E-state index is 0.337. The van der Waals surface area contributed by atoms with Crippen molar-refractivity contribution in [2.75, 3.05) is 33.8 Å². The third-order valence-corrected chi connectivity index (χ3v) is 3.99. The molecule has 2 rings (SSSR count). The molecule has 1 aromatic carbocycles. The van der Waals surface area contributed by atoms with E-state index in [9.17, 15) is 13.2 Å². The number of alkyl halides is 3. The van der Waals surface area contributed by atoms with Gasteiger partial charge in [0.05, 0.1) is 13.7 Å². The Bertz CT molecular complexity index is 644. The molecule has 0 spiro atoms. The van der Waals surface area contributed by atoms with E-state index in [-0.39, 0.29) is 0 Å². The normalized spacial score (nSPS) is 17.1. The first kappa shape index (κ1) is 19.1. The standard InChI is InChI=1S/C17H22F3N3O2/c1-21-16(22-11-15(24)17(18,19)20)23-8-6-12(7-9-23)13-4-3-5-14(10-13)25-2/h3-6,10,15,24H,7-9,11H2,1-2H3,(H,21,22). The number of nitrogens with zero attached hydrogens (tertiary/aromatic N) is 2. The second kappa shape index (κ2) is 8.24. The molecule has 8 heteroatoms. The molecule has 1 heterocycles. The Morgan fingerprint density at radius 3 is 2.76 bits per heavy atom. The van der Waals surface area contributed by atoms with E-state index in [0.29, 0.717) is 19.0 Å². The fourth-order valence-electron chi connectivity index (χ4n) is 2.58. The van der Waals surface area contributed by atoms with Gasteiger partial charge < -0.3 is 20.1 Å². The molecule has 0 radical (unpaired) electrons. The molecule has 0 saturated heterocycles. The summed E-state index contributed by atoms with van der Waals surface area (Å²) in [6.45, 7) is 0.512. The molecule has 25 heavy (non-hydrogen) atoms. The Labute approximate surface area is 144 Å². The molecule has 0 aromatic heterocycles. The highest BCUT2D eigenvalue weighted by Crippen LogP contribution is 2.25. The van der Waals surface area contributed by atoms with Gasteiger partial charge in [0.25, 0.3) is 0 Å². The minimum atomic E-state index is -4.65. The number of halogens is 3. The number of aliphatic hydroxyl groups excluding tert-OH is 1. The van der Waals surface area contributed by atoms with Gasteiger partial charge in [-0.05, 0) is 29.7 Å².